The average Bonchev–Trinajstić information content (AvgIpc) is 2.26. The molecular weight excluding hydrogens is 249 g/mol. The lowest BCUT2D eigenvalue weighted by Gasteiger charge is -2.14. The van der Waals surface area contributed by atoms with Crippen molar-refractivity contribution in [1.82, 2.24) is 4.90 Å². The molecule has 0 unspecified atom stereocenters. The van der Waals surface area contributed by atoms with Gasteiger partial charge in [-0.1, -0.05) is 13.8 Å². The lowest BCUT2D eigenvalue weighted by atomic mass is 10.0. The summed E-state index contributed by atoms with van der Waals surface area (Å²) in [5, 5.41) is 0. The molecule has 1 aromatic carbocycles. The second kappa shape index (κ2) is 6.23. The van der Waals surface area contributed by atoms with Crippen LogP contribution < -0.4 is 0 Å². The summed E-state index contributed by atoms with van der Waals surface area (Å²) in [6.07, 6.45) is 0. The molecule has 4 heteroatoms. The van der Waals surface area contributed by atoms with Gasteiger partial charge in [0.15, 0.2) is 0 Å². The van der Waals surface area contributed by atoms with Gasteiger partial charge in [-0.15, -0.1) is 11.8 Å². The molecule has 0 fully saturated rings. The molecule has 0 N–H and O–H groups in total. The third-order valence-corrected chi connectivity index (χ3v) is 3.91. The maximum atomic E-state index is 13.7. The summed E-state index contributed by atoms with van der Waals surface area (Å²) in [5.41, 5.74) is 1.59. The number of aryl methyl sites for hydroxylation is 1. The van der Waals surface area contributed by atoms with E-state index in [2.05, 4.69) is 0 Å². The summed E-state index contributed by atoms with van der Waals surface area (Å²) in [6, 6.07) is 3.42. The number of benzene rings is 1. The molecule has 0 atom stereocenters. The van der Waals surface area contributed by atoms with Gasteiger partial charge in [0.2, 0.25) is 5.91 Å². The van der Waals surface area contributed by atoms with Crippen LogP contribution in [-0.2, 0) is 4.79 Å². The number of halogens is 1. The topological polar surface area (TPSA) is 20.3 Å². The Labute approximate surface area is 113 Å². The third-order valence-electron chi connectivity index (χ3n) is 2.77. The highest BCUT2D eigenvalue weighted by Gasteiger charge is 2.12. The molecule has 0 aliphatic heterocycles. The van der Waals surface area contributed by atoms with Crippen LogP contribution in [0.25, 0.3) is 0 Å². The minimum atomic E-state index is -0.161. The van der Waals surface area contributed by atoms with E-state index in [1.165, 1.54) is 11.8 Å². The van der Waals surface area contributed by atoms with Crippen LogP contribution >= 0.6 is 11.8 Å². The molecule has 0 saturated carbocycles. The fraction of sp³-hybridized carbons (Fsp3) is 0.500. The summed E-state index contributed by atoms with van der Waals surface area (Å²) >= 11 is 1.47. The first-order valence-electron chi connectivity index (χ1n) is 5.96. The van der Waals surface area contributed by atoms with Gasteiger partial charge in [-0.2, -0.15) is 0 Å². The number of hydrogen-bond donors (Lipinski definition) is 0. The Bertz CT molecular complexity index is 444. The molecule has 18 heavy (non-hydrogen) atoms. The van der Waals surface area contributed by atoms with Crippen LogP contribution in [0.4, 0.5) is 4.39 Å². The number of rotatable bonds is 4. The van der Waals surface area contributed by atoms with E-state index in [4.69, 9.17) is 0 Å². The average molecular weight is 269 g/mol. The van der Waals surface area contributed by atoms with Crippen LogP contribution in [0.5, 0.6) is 0 Å². The molecule has 0 radical (unpaired) electrons. The Balaban J connectivity index is 2.89. The summed E-state index contributed by atoms with van der Waals surface area (Å²) in [6.45, 7) is 5.80. The zero-order valence-electron chi connectivity index (χ0n) is 11.6. The number of nitrogens with zero attached hydrogens (tertiary/aromatic N) is 1. The van der Waals surface area contributed by atoms with Crippen molar-refractivity contribution in [2.75, 3.05) is 19.8 Å². The first-order chi connectivity index (χ1) is 8.32. The maximum absolute atomic E-state index is 13.7. The molecule has 0 spiro atoms. The van der Waals surface area contributed by atoms with Crippen LogP contribution in [0.15, 0.2) is 17.0 Å². The SMILES string of the molecule is Cc1cc(F)c(C(C)C)cc1SCC(=O)N(C)C. The quantitative estimate of drug-likeness (QED) is 0.780. The van der Waals surface area contributed by atoms with Gasteiger partial charge in [0.1, 0.15) is 5.82 Å². The Hall–Kier alpha value is -1.03. The van der Waals surface area contributed by atoms with E-state index in [1.807, 2.05) is 26.8 Å². The number of hydrogen-bond acceptors (Lipinski definition) is 2. The van der Waals surface area contributed by atoms with Gasteiger partial charge in [0.25, 0.3) is 0 Å². The van der Waals surface area contributed by atoms with Crippen LogP contribution in [0, 0.1) is 12.7 Å². The normalized spacial score (nSPS) is 10.8. The first-order valence-corrected chi connectivity index (χ1v) is 6.94. The highest BCUT2D eigenvalue weighted by atomic mass is 32.2. The molecule has 0 aliphatic carbocycles. The van der Waals surface area contributed by atoms with Gasteiger partial charge >= 0.3 is 0 Å². The Kier molecular flexibility index (Phi) is 5.20. The van der Waals surface area contributed by atoms with E-state index in [-0.39, 0.29) is 17.6 Å². The minimum Gasteiger partial charge on any atom is -0.348 e. The highest BCUT2D eigenvalue weighted by Crippen LogP contribution is 2.29. The van der Waals surface area contributed by atoms with E-state index in [1.54, 1.807) is 25.1 Å². The van der Waals surface area contributed by atoms with Crippen molar-refractivity contribution in [3.63, 3.8) is 0 Å². The number of thioether (sulfide) groups is 1. The van der Waals surface area contributed by atoms with E-state index in [9.17, 15) is 9.18 Å². The van der Waals surface area contributed by atoms with Crippen molar-refractivity contribution in [3.05, 3.63) is 29.1 Å². The fourth-order valence-corrected chi connectivity index (χ4v) is 2.57. The van der Waals surface area contributed by atoms with Crippen molar-refractivity contribution in [1.29, 1.82) is 0 Å². The number of carbonyl (C=O) groups is 1. The largest absolute Gasteiger partial charge is 0.348 e. The third kappa shape index (κ3) is 3.73. The van der Waals surface area contributed by atoms with E-state index in [0.717, 1.165) is 10.5 Å². The van der Waals surface area contributed by atoms with Gasteiger partial charge in [-0.25, -0.2) is 4.39 Å². The van der Waals surface area contributed by atoms with Crippen molar-refractivity contribution in [2.45, 2.75) is 31.6 Å². The fourth-order valence-electron chi connectivity index (χ4n) is 1.54. The predicted molar refractivity (Wildman–Crippen MR) is 74.6 cm³/mol. The highest BCUT2D eigenvalue weighted by molar-refractivity contribution is 8.00. The molecule has 2 nitrogen and oxygen atoms in total. The Morgan fingerprint density at radius 2 is 2.00 bits per heavy atom. The zero-order chi connectivity index (χ0) is 13.9. The zero-order valence-corrected chi connectivity index (χ0v) is 12.4. The number of carbonyl (C=O) groups excluding carboxylic acids is 1. The molecule has 1 rings (SSSR count). The summed E-state index contributed by atoms with van der Waals surface area (Å²) in [5.74, 6) is 0.437. The Morgan fingerprint density at radius 3 is 2.50 bits per heavy atom. The predicted octanol–water partition coefficient (Wildman–Crippen LogP) is 3.44. The minimum absolute atomic E-state index is 0.0646. The van der Waals surface area contributed by atoms with Crippen molar-refractivity contribution >= 4 is 17.7 Å². The van der Waals surface area contributed by atoms with Crippen LogP contribution in [0.2, 0.25) is 0 Å². The van der Waals surface area contributed by atoms with Gasteiger partial charge < -0.3 is 4.90 Å². The molecule has 1 amide bonds. The molecular formula is C14H20FNOS. The van der Waals surface area contributed by atoms with Gasteiger partial charge in [0.05, 0.1) is 5.75 Å². The van der Waals surface area contributed by atoms with Gasteiger partial charge in [-0.3, -0.25) is 4.79 Å². The molecule has 0 bridgehead atoms. The van der Waals surface area contributed by atoms with Crippen molar-refractivity contribution in [3.8, 4) is 0 Å². The maximum Gasteiger partial charge on any atom is 0.232 e. The summed E-state index contributed by atoms with van der Waals surface area (Å²) in [7, 11) is 3.47. The van der Waals surface area contributed by atoms with Crippen molar-refractivity contribution < 1.29 is 9.18 Å². The molecule has 0 aromatic heterocycles. The second-order valence-corrected chi connectivity index (χ2v) is 5.89. The molecule has 0 aliphatic rings. The molecule has 1 aromatic rings. The van der Waals surface area contributed by atoms with Crippen LogP contribution in [0.3, 0.4) is 0 Å². The van der Waals surface area contributed by atoms with Crippen molar-refractivity contribution in [2.24, 2.45) is 0 Å². The summed E-state index contributed by atoms with van der Waals surface area (Å²) in [4.78, 5) is 14.1. The monoisotopic (exact) mass is 269 g/mol. The molecule has 100 valence electrons. The number of amides is 1. The lowest BCUT2D eigenvalue weighted by Crippen LogP contribution is -2.23. The standard InChI is InChI=1S/C14H20FNOS/c1-9(2)11-7-13(10(3)6-12(11)15)18-8-14(17)16(4)5/h6-7,9H,8H2,1-5H3. The van der Waals surface area contributed by atoms with Gasteiger partial charge in [0, 0.05) is 19.0 Å². The first kappa shape index (κ1) is 15.0. The lowest BCUT2D eigenvalue weighted by molar-refractivity contribution is -0.125. The van der Waals surface area contributed by atoms with Gasteiger partial charge in [-0.05, 0) is 36.1 Å². The smallest absolute Gasteiger partial charge is 0.232 e. The summed E-state index contributed by atoms with van der Waals surface area (Å²) < 4.78 is 13.7. The van der Waals surface area contributed by atoms with E-state index >= 15 is 0 Å². The van der Waals surface area contributed by atoms with E-state index in [0.29, 0.717) is 11.3 Å². The molecule has 0 heterocycles. The van der Waals surface area contributed by atoms with Crippen LogP contribution in [0.1, 0.15) is 30.9 Å². The van der Waals surface area contributed by atoms with E-state index < -0.39 is 0 Å². The Morgan fingerprint density at radius 1 is 1.39 bits per heavy atom. The second-order valence-electron chi connectivity index (χ2n) is 4.87. The molecule has 0 saturated heterocycles. The van der Waals surface area contributed by atoms with Crippen LogP contribution in [-0.4, -0.2) is 30.7 Å².